The molecule has 19 heavy (non-hydrogen) atoms. The van der Waals surface area contributed by atoms with Crippen LogP contribution < -0.4 is 11.1 Å². The first-order chi connectivity index (χ1) is 8.97. The predicted octanol–water partition coefficient (Wildman–Crippen LogP) is 2.88. The molecule has 0 radical (unpaired) electrons. The van der Waals surface area contributed by atoms with Crippen molar-refractivity contribution in [2.24, 2.45) is 5.73 Å². The molecule has 2 rings (SSSR count). The number of pyridine rings is 1. The summed E-state index contributed by atoms with van der Waals surface area (Å²) in [5.74, 6) is 0.221. The Labute approximate surface area is 123 Å². The number of hydrogen-bond acceptors (Lipinski definition) is 5. The van der Waals surface area contributed by atoms with Crippen molar-refractivity contribution in [3.63, 3.8) is 0 Å². The number of thiazole rings is 1. The van der Waals surface area contributed by atoms with Gasteiger partial charge in [-0.3, -0.25) is 4.79 Å². The number of carbonyl (C=O) groups excluding carboxylic acids is 1. The van der Waals surface area contributed by atoms with E-state index in [0.29, 0.717) is 11.5 Å². The van der Waals surface area contributed by atoms with Gasteiger partial charge in [-0.15, -0.1) is 11.3 Å². The Bertz CT molecular complexity index is 612. The van der Waals surface area contributed by atoms with Crippen molar-refractivity contribution in [2.75, 3.05) is 5.32 Å². The second-order valence-corrected chi connectivity index (χ2v) is 5.88. The molecule has 1 amide bonds. The first kappa shape index (κ1) is 14.1. The average Bonchev–Trinajstić information content (AvgIpc) is 2.83. The highest BCUT2D eigenvalue weighted by Gasteiger charge is 2.13. The van der Waals surface area contributed by atoms with Gasteiger partial charge in [0.15, 0.2) is 0 Å². The molecule has 0 aliphatic rings. The Morgan fingerprint density at radius 1 is 1.58 bits per heavy atom. The Morgan fingerprint density at radius 3 is 2.89 bits per heavy atom. The minimum Gasteiger partial charge on any atom is -0.322 e. The van der Waals surface area contributed by atoms with Crippen molar-refractivity contribution in [3.8, 4) is 0 Å². The van der Waals surface area contributed by atoms with Crippen molar-refractivity contribution in [1.29, 1.82) is 0 Å². The second kappa shape index (κ2) is 5.77. The Kier molecular flexibility index (Phi) is 4.28. The first-order valence-corrected chi connectivity index (χ1v) is 7.29. The largest absolute Gasteiger partial charge is 0.322 e. The monoisotopic (exact) mass is 340 g/mol. The van der Waals surface area contributed by atoms with Crippen LogP contribution in [0.3, 0.4) is 0 Å². The van der Waals surface area contributed by atoms with E-state index in [0.717, 1.165) is 15.0 Å². The summed E-state index contributed by atoms with van der Waals surface area (Å²) in [6.07, 6.45) is 1.65. The molecule has 0 aliphatic heterocycles. The van der Waals surface area contributed by atoms with Crippen LogP contribution in [0.5, 0.6) is 0 Å². The summed E-state index contributed by atoms with van der Waals surface area (Å²) in [4.78, 5) is 20.3. The lowest BCUT2D eigenvalue weighted by molar-refractivity contribution is 0.102. The number of aryl methyl sites for hydroxylation is 1. The van der Waals surface area contributed by atoms with Gasteiger partial charge in [0, 0.05) is 16.0 Å². The Morgan fingerprint density at radius 2 is 2.32 bits per heavy atom. The van der Waals surface area contributed by atoms with Crippen LogP contribution in [0, 0.1) is 6.92 Å². The van der Waals surface area contributed by atoms with Gasteiger partial charge in [0.2, 0.25) is 0 Å². The van der Waals surface area contributed by atoms with Crippen molar-refractivity contribution in [2.45, 2.75) is 19.9 Å². The molecule has 7 heteroatoms. The molecular formula is C12H13BrN4OS. The number of amides is 1. The summed E-state index contributed by atoms with van der Waals surface area (Å²) >= 11 is 4.74. The van der Waals surface area contributed by atoms with E-state index in [1.165, 1.54) is 11.3 Å². The van der Waals surface area contributed by atoms with Crippen LogP contribution in [0.15, 0.2) is 22.1 Å². The number of carbonyl (C=O) groups is 1. The lowest BCUT2D eigenvalue weighted by atomic mass is 10.3. The van der Waals surface area contributed by atoms with Gasteiger partial charge < -0.3 is 11.1 Å². The number of hydrogen-bond donors (Lipinski definition) is 2. The summed E-state index contributed by atoms with van der Waals surface area (Å²) in [6.45, 7) is 3.76. The number of nitrogens with zero attached hydrogens (tertiary/aromatic N) is 2. The average molecular weight is 341 g/mol. The molecule has 1 atom stereocenters. The highest BCUT2D eigenvalue weighted by atomic mass is 79.9. The van der Waals surface area contributed by atoms with Gasteiger partial charge in [0.05, 0.1) is 6.04 Å². The number of aromatic nitrogens is 2. The van der Waals surface area contributed by atoms with Crippen LogP contribution in [0.2, 0.25) is 0 Å². The fourth-order valence-corrected chi connectivity index (χ4v) is 2.36. The summed E-state index contributed by atoms with van der Waals surface area (Å²) in [5.41, 5.74) is 7.08. The summed E-state index contributed by atoms with van der Waals surface area (Å²) < 4.78 is 0.901. The third-order valence-electron chi connectivity index (χ3n) is 2.43. The van der Waals surface area contributed by atoms with Gasteiger partial charge in [-0.25, -0.2) is 9.97 Å². The van der Waals surface area contributed by atoms with Gasteiger partial charge in [-0.2, -0.15) is 0 Å². The molecule has 0 saturated carbocycles. The number of nitrogens with two attached hydrogens (primary N) is 1. The van der Waals surface area contributed by atoms with E-state index in [9.17, 15) is 4.79 Å². The quantitative estimate of drug-likeness (QED) is 0.900. The highest BCUT2D eigenvalue weighted by molar-refractivity contribution is 9.10. The van der Waals surface area contributed by atoms with Crippen LogP contribution >= 0.6 is 27.3 Å². The minimum absolute atomic E-state index is 0.167. The van der Waals surface area contributed by atoms with E-state index in [4.69, 9.17) is 5.73 Å². The van der Waals surface area contributed by atoms with Gasteiger partial charge in [-0.05, 0) is 41.4 Å². The fourth-order valence-electron chi connectivity index (χ4n) is 1.39. The number of nitrogens with one attached hydrogen (secondary N) is 1. The zero-order valence-electron chi connectivity index (χ0n) is 10.5. The van der Waals surface area contributed by atoms with E-state index in [-0.39, 0.29) is 11.9 Å². The van der Waals surface area contributed by atoms with E-state index >= 15 is 0 Å². The van der Waals surface area contributed by atoms with Crippen LogP contribution in [0.1, 0.15) is 34.0 Å². The minimum atomic E-state index is -0.280. The van der Waals surface area contributed by atoms with E-state index in [1.807, 2.05) is 13.8 Å². The molecule has 2 heterocycles. The lowest BCUT2D eigenvalue weighted by Crippen LogP contribution is -2.14. The van der Waals surface area contributed by atoms with Crippen molar-refractivity contribution in [1.82, 2.24) is 9.97 Å². The SMILES string of the molecule is Cc1cc(NC(=O)c2csc(C(C)N)n2)ncc1Br. The predicted molar refractivity (Wildman–Crippen MR) is 79.3 cm³/mol. The maximum absolute atomic E-state index is 12.0. The van der Waals surface area contributed by atoms with Gasteiger partial charge >= 0.3 is 0 Å². The normalized spacial score (nSPS) is 12.2. The van der Waals surface area contributed by atoms with E-state index in [1.54, 1.807) is 17.6 Å². The van der Waals surface area contributed by atoms with Crippen LogP contribution in [0.25, 0.3) is 0 Å². The van der Waals surface area contributed by atoms with Gasteiger partial charge in [0.1, 0.15) is 16.5 Å². The summed E-state index contributed by atoms with van der Waals surface area (Å²) in [5, 5.41) is 5.15. The number of rotatable bonds is 3. The molecule has 100 valence electrons. The third kappa shape index (κ3) is 3.37. The maximum Gasteiger partial charge on any atom is 0.276 e. The highest BCUT2D eigenvalue weighted by Crippen LogP contribution is 2.19. The van der Waals surface area contributed by atoms with Crippen LogP contribution in [0.4, 0.5) is 5.82 Å². The Balaban J connectivity index is 2.13. The molecule has 0 fully saturated rings. The second-order valence-electron chi connectivity index (χ2n) is 4.13. The first-order valence-electron chi connectivity index (χ1n) is 5.62. The smallest absolute Gasteiger partial charge is 0.276 e. The summed E-state index contributed by atoms with van der Waals surface area (Å²) in [7, 11) is 0. The molecule has 1 unspecified atom stereocenters. The number of halogens is 1. The zero-order chi connectivity index (χ0) is 14.0. The van der Waals surface area contributed by atoms with Crippen molar-refractivity contribution in [3.05, 3.63) is 38.4 Å². The molecule has 3 N–H and O–H groups in total. The van der Waals surface area contributed by atoms with Crippen molar-refractivity contribution < 1.29 is 4.79 Å². The van der Waals surface area contributed by atoms with Crippen LogP contribution in [-0.2, 0) is 0 Å². The fraction of sp³-hybridized carbons (Fsp3) is 0.250. The molecule has 0 spiro atoms. The zero-order valence-corrected chi connectivity index (χ0v) is 12.9. The molecule has 0 aliphatic carbocycles. The molecule has 2 aromatic rings. The topological polar surface area (TPSA) is 80.9 Å². The molecular weight excluding hydrogens is 328 g/mol. The van der Waals surface area contributed by atoms with Crippen LogP contribution in [-0.4, -0.2) is 15.9 Å². The Hall–Kier alpha value is -1.31. The maximum atomic E-state index is 12.0. The van der Waals surface area contributed by atoms with Crippen molar-refractivity contribution >= 4 is 39.0 Å². The lowest BCUT2D eigenvalue weighted by Gasteiger charge is -2.04. The number of anilines is 1. The third-order valence-corrected chi connectivity index (χ3v) is 4.31. The molecule has 0 bridgehead atoms. The van der Waals surface area contributed by atoms with Gasteiger partial charge in [-0.1, -0.05) is 0 Å². The molecule has 0 aromatic carbocycles. The van der Waals surface area contributed by atoms with E-state index < -0.39 is 0 Å². The van der Waals surface area contributed by atoms with E-state index in [2.05, 4.69) is 31.2 Å². The molecule has 0 saturated heterocycles. The molecule has 2 aromatic heterocycles. The van der Waals surface area contributed by atoms with Gasteiger partial charge in [0.25, 0.3) is 5.91 Å². The molecule has 5 nitrogen and oxygen atoms in total. The summed E-state index contributed by atoms with van der Waals surface area (Å²) in [6, 6.07) is 1.63. The standard InChI is InChI=1S/C12H13BrN4OS/c1-6-3-10(15-4-8(6)13)17-11(18)9-5-19-12(16-9)7(2)14/h3-5,7H,14H2,1-2H3,(H,15,17,18).